The number of hydrogen-bond donors (Lipinski definition) is 3. The van der Waals surface area contributed by atoms with E-state index in [-0.39, 0.29) is 18.2 Å². The molecule has 0 bridgehead atoms. The van der Waals surface area contributed by atoms with Gasteiger partial charge in [0.15, 0.2) is 5.11 Å². The highest BCUT2D eigenvalue weighted by molar-refractivity contribution is 7.80. The Labute approximate surface area is 176 Å². The predicted octanol–water partition coefficient (Wildman–Crippen LogP) is 3.66. The number of hydrogen-bond acceptors (Lipinski definition) is 3. The maximum atomic E-state index is 12.7. The molecular formula is C23H27N3O2S. The molecule has 0 aliphatic carbocycles. The minimum absolute atomic E-state index is 0.0397. The fraction of sp³-hybridized carbons (Fsp3) is 0.304. The molecular weight excluding hydrogens is 382 g/mol. The lowest BCUT2D eigenvalue weighted by molar-refractivity contribution is 0.263. The number of benzene rings is 2. The van der Waals surface area contributed by atoms with E-state index in [2.05, 4.69) is 29.4 Å². The molecule has 0 radical (unpaired) electrons. The normalized spacial score (nSPS) is 12.0. The van der Waals surface area contributed by atoms with Crippen LogP contribution in [0.4, 0.5) is 0 Å². The Hall–Kier alpha value is -2.70. The molecule has 0 aliphatic heterocycles. The van der Waals surface area contributed by atoms with Crippen molar-refractivity contribution in [2.24, 2.45) is 0 Å². The van der Waals surface area contributed by atoms with Crippen molar-refractivity contribution in [2.75, 3.05) is 13.2 Å². The largest absolute Gasteiger partial charge is 0.396 e. The van der Waals surface area contributed by atoms with Gasteiger partial charge in [0.2, 0.25) is 0 Å². The van der Waals surface area contributed by atoms with Crippen LogP contribution in [0.5, 0.6) is 0 Å². The van der Waals surface area contributed by atoms with Crippen molar-refractivity contribution >= 4 is 28.2 Å². The highest BCUT2D eigenvalue weighted by Gasteiger charge is 2.16. The molecule has 1 heterocycles. The second-order valence-electron chi connectivity index (χ2n) is 7.24. The van der Waals surface area contributed by atoms with Gasteiger partial charge >= 0.3 is 0 Å². The molecule has 5 nitrogen and oxygen atoms in total. The lowest BCUT2D eigenvalue weighted by atomic mass is 10.1. The van der Waals surface area contributed by atoms with Gasteiger partial charge in [-0.2, -0.15) is 0 Å². The number of H-pyrrole nitrogens is 1. The molecule has 3 N–H and O–H groups in total. The van der Waals surface area contributed by atoms with E-state index in [1.54, 1.807) is 0 Å². The van der Waals surface area contributed by atoms with Gasteiger partial charge < -0.3 is 20.3 Å². The van der Waals surface area contributed by atoms with Crippen LogP contribution in [0, 0.1) is 6.92 Å². The smallest absolute Gasteiger partial charge is 0.253 e. The van der Waals surface area contributed by atoms with Gasteiger partial charge in [-0.15, -0.1) is 0 Å². The molecule has 0 saturated heterocycles. The van der Waals surface area contributed by atoms with Crippen LogP contribution in [0.1, 0.15) is 36.1 Å². The first-order valence-electron chi connectivity index (χ1n) is 9.82. The minimum atomic E-state index is -0.111. The van der Waals surface area contributed by atoms with Gasteiger partial charge in [-0.3, -0.25) is 4.79 Å². The molecule has 6 heteroatoms. The van der Waals surface area contributed by atoms with Crippen LogP contribution in [0.3, 0.4) is 0 Å². The van der Waals surface area contributed by atoms with Gasteiger partial charge in [-0.25, -0.2) is 0 Å². The van der Waals surface area contributed by atoms with Gasteiger partial charge in [0.1, 0.15) is 0 Å². The molecule has 0 aliphatic rings. The van der Waals surface area contributed by atoms with Crippen molar-refractivity contribution in [3.8, 4) is 0 Å². The first kappa shape index (κ1) is 21.0. The fourth-order valence-corrected chi connectivity index (χ4v) is 3.70. The molecule has 0 amide bonds. The average molecular weight is 410 g/mol. The molecule has 0 spiro atoms. The fourth-order valence-electron chi connectivity index (χ4n) is 3.37. The third kappa shape index (κ3) is 5.22. The number of aromatic nitrogens is 1. The lowest BCUT2D eigenvalue weighted by Gasteiger charge is -2.28. The molecule has 1 atom stereocenters. The Morgan fingerprint density at radius 2 is 1.97 bits per heavy atom. The SMILES string of the molecule is Cc1cccc2cc(CN(CCCO)C(=S)N[C@@H](C)c3ccccc3)c(=O)[nH]c12. The molecule has 0 unspecified atom stereocenters. The number of rotatable bonds is 7. The zero-order valence-electron chi connectivity index (χ0n) is 16.8. The van der Waals surface area contributed by atoms with E-state index in [4.69, 9.17) is 12.2 Å². The Morgan fingerprint density at radius 1 is 1.21 bits per heavy atom. The molecule has 0 saturated carbocycles. The van der Waals surface area contributed by atoms with Crippen LogP contribution in [0.15, 0.2) is 59.4 Å². The summed E-state index contributed by atoms with van der Waals surface area (Å²) in [6.07, 6.45) is 0.576. The van der Waals surface area contributed by atoms with Crippen LogP contribution in [-0.4, -0.2) is 33.3 Å². The molecule has 152 valence electrons. The number of nitrogens with one attached hydrogen (secondary N) is 2. The first-order valence-corrected chi connectivity index (χ1v) is 10.2. The zero-order chi connectivity index (χ0) is 20.8. The summed E-state index contributed by atoms with van der Waals surface area (Å²) in [5.74, 6) is 0. The number of aliphatic hydroxyl groups excluding tert-OH is 1. The number of aromatic amines is 1. The van der Waals surface area contributed by atoms with Crippen molar-refractivity contribution in [1.29, 1.82) is 0 Å². The third-order valence-corrected chi connectivity index (χ3v) is 5.42. The molecule has 0 fully saturated rings. The highest BCUT2D eigenvalue weighted by atomic mass is 32.1. The summed E-state index contributed by atoms with van der Waals surface area (Å²) in [6.45, 7) is 5.05. The summed E-state index contributed by atoms with van der Waals surface area (Å²) >= 11 is 5.65. The van der Waals surface area contributed by atoms with Crippen LogP contribution >= 0.6 is 12.2 Å². The van der Waals surface area contributed by atoms with Gasteiger partial charge in [0.05, 0.1) is 18.1 Å². The second-order valence-corrected chi connectivity index (χ2v) is 7.63. The predicted molar refractivity (Wildman–Crippen MR) is 122 cm³/mol. The van der Waals surface area contributed by atoms with Crippen molar-refractivity contribution < 1.29 is 5.11 Å². The summed E-state index contributed by atoms with van der Waals surface area (Å²) in [5.41, 5.74) is 3.58. The van der Waals surface area contributed by atoms with Gasteiger partial charge in [-0.05, 0) is 55.1 Å². The van der Waals surface area contributed by atoms with Crippen LogP contribution in [0.25, 0.3) is 10.9 Å². The number of thiocarbonyl (C=S) groups is 1. The zero-order valence-corrected chi connectivity index (χ0v) is 17.6. The van der Waals surface area contributed by atoms with Crippen LogP contribution in [0.2, 0.25) is 0 Å². The summed E-state index contributed by atoms with van der Waals surface area (Å²) < 4.78 is 0. The van der Waals surface area contributed by atoms with E-state index in [9.17, 15) is 9.90 Å². The number of fused-ring (bicyclic) bond motifs is 1. The Balaban J connectivity index is 1.81. The standard InChI is InChI=1S/C23H27N3O2S/c1-16-8-6-11-19-14-20(22(28)25-21(16)19)15-26(12-7-13-27)23(29)24-17(2)18-9-4-3-5-10-18/h3-6,8-11,14,17,27H,7,12-13,15H2,1-2H3,(H,24,29)(H,25,28)/t17-/m0/s1. The van der Waals surface area contributed by atoms with Gasteiger partial charge in [0.25, 0.3) is 5.56 Å². The summed E-state index contributed by atoms with van der Waals surface area (Å²) in [5, 5.41) is 14.2. The van der Waals surface area contributed by atoms with E-state index in [1.807, 2.05) is 54.3 Å². The third-order valence-electron chi connectivity index (χ3n) is 5.04. The van der Waals surface area contributed by atoms with Crippen molar-refractivity contribution in [3.05, 3.63) is 81.6 Å². The number of aliphatic hydroxyl groups is 1. The van der Waals surface area contributed by atoms with Crippen LogP contribution in [-0.2, 0) is 6.54 Å². The number of nitrogens with zero attached hydrogens (tertiary/aromatic N) is 1. The highest BCUT2D eigenvalue weighted by Crippen LogP contribution is 2.17. The maximum Gasteiger partial charge on any atom is 0.253 e. The van der Waals surface area contributed by atoms with E-state index < -0.39 is 0 Å². The number of aryl methyl sites for hydroxylation is 1. The lowest BCUT2D eigenvalue weighted by Crippen LogP contribution is -2.42. The maximum absolute atomic E-state index is 12.7. The summed E-state index contributed by atoms with van der Waals surface area (Å²) in [6, 6.07) is 18.0. The van der Waals surface area contributed by atoms with Gasteiger partial charge in [0, 0.05) is 18.7 Å². The van der Waals surface area contributed by atoms with Gasteiger partial charge in [-0.1, -0.05) is 48.5 Å². The number of para-hydroxylation sites is 1. The molecule has 29 heavy (non-hydrogen) atoms. The number of pyridine rings is 1. The van der Waals surface area contributed by atoms with Crippen LogP contribution < -0.4 is 10.9 Å². The molecule has 3 rings (SSSR count). The Bertz CT molecular complexity index is 1030. The van der Waals surface area contributed by atoms with Crippen molar-refractivity contribution in [3.63, 3.8) is 0 Å². The quantitative estimate of drug-likeness (QED) is 0.520. The molecule has 2 aromatic carbocycles. The van der Waals surface area contributed by atoms with Crippen molar-refractivity contribution in [2.45, 2.75) is 32.9 Å². The Kier molecular flexibility index (Phi) is 7.01. The first-order chi connectivity index (χ1) is 14.0. The summed E-state index contributed by atoms with van der Waals surface area (Å²) in [4.78, 5) is 17.6. The summed E-state index contributed by atoms with van der Waals surface area (Å²) in [7, 11) is 0. The molecule has 1 aromatic heterocycles. The average Bonchev–Trinajstić information content (AvgIpc) is 2.72. The second kappa shape index (κ2) is 9.67. The minimum Gasteiger partial charge on any atom is -0.396 e. The van der Waals surface area contributed by atoms with E-state index in [0.717, 1.165) is 22.0 Å². The van der Waals surface area contributed by atoms with E-state index >= 15 is 0 Å². The van der Waals surface area contributed by atoms with Crippen molar-refractivity contribution in [1.82, 2.24) is 15.2 Å². The monoisotopic (exact) mass is 409 g/mol. The Morgan fingerprint density at radius 3 is 2.69 bits per heavy atom. The topological polar surface area (TPSA) is 68.4 Å². The van der Waals surface area contributed by atoms with E-state index in [1.165, 1.54) is 0 Å². The molecule has 3 aromatic rings. The van der Waals surface area contributed by atoms with E-state index in [0.29, 0.717) is 30.2 Å².